The van der Waals surface area contributed by atoms with Gasteiger partial charge in [0.1, 0.15) is 11.9 Å². The van der Waals surface area contributed by atoms with Gasteiger partial charge in [0.25, 0.3) is 5.91 Å². The Balaban J connectivity index is 1.62. The van der Waals surface area contributed by atoms with Gasteiger partial charge in [-0.2, -0.15) is 18.3 Å². The Bertz CT molecular complexity index is 1350. The summed E-state index contributed by atoms with van der Waals surface area (Å²) in [5, 5.41) is 11.2. The molecule has 3 aromatic rings. The van der Waals surface area contributed by atoms with E-state index in [0.29, 0.717) is 35.7 Å². The summed E-state index contributed by atoms with van der Waals surface area (Å²) in [5.41, 5.74) is 0.793. The number of alkyl halides is 3. The monoisotopic (exact) mass is 525 g/mol. The van der Waals surface area contributed by atoms with Crippen molar-refractivity contribution in [2.24, 2.45) is 0 Å². The molecule has 1 fully saturated rings. The lowest BCUT2D eigenvalue weighted by Gasteiger charge is -2.33. The summed E-state index contributed by atoms with van der Waals surface area (Å²) in [5.74, 6) is 0.351. The molecule has 7 nitrogen and oxygen atoms in total. The predicted molar refractivity (Wildman–Crippen MR) is 123 cm³/mol. The van der Waals surface area contributed by atoms with Gasteiger partial charge < -0.3 is 14.7 Å². The van der Waals surface area contributed by atoms with Crippen LogP contribution in [0.1, 0.15) is 54.6 Å². The zero-order chi connectivity index (χ0) is 25.1. The third kappa shape index (κ3) is 4.18. The van der Waals surface area contributed by atoms with Crippen molar-refractivity contribution in [1.82, 2.24) is 19.8 Å². The number of allylic oxidation sites excluding steroid dienone is 1. The molecule has 2 aliphatic heterocycles. The molecule has 0 radical (unpaired) electrons. The van der Waals surface area contributed by atoms with Gasteiger partial charge in [0.2, 0.25) is 0 Å². The van der Waals surface area contributed by atoms with E-state index in [9.17, 15) is 18.0 Å². The number of hydrogen-bond donors (Lipinski definition) is 1. The Labute approximate surface area is 208 Å². The fraction of sp³-hybridized carbons (Fsp3) is 0.348. The van der Waals surface area contributed by atoms with E-state index in [1.165, 1.54) is 4.68 Å². The number of amides is 1. The van der Waals surface area contributed by atoms with E-state index in [0.717, 1.165) is 12.5 Å². The molecule has 2 aliphatic rings. The highest BCUT2D eigenvalue weighted by molar-refractivity contribution is 6.42. The average molecular weight is 526 g/mol. The Morgan fingerprint density at radius 1 is 1.17 bits per heavy atom. The number of aromatic nitrogens is 3. The lowest BCUT2D eigenvalue weighted by atomic mass is 9.94. The van der Waals surface area contributed by atoms with Crippen LogP contribution in [0.25, 0.3) is 0 Å². The minimum atomic E-state index is -4.66. The summed E-state index contributed by atoms with van der Waals surface area (Å²) in [6, 6.07) is 6.14. The first-order valence-electron chi connectivity index (χ1n) is 10.9. The van der Waals surface area contributed by atoms with Gasteiger partial charge in [0.15, 0.2) is 11.5 Å². The highest BCUT2D eigenvalue weighted by atomic mass is 35.5. The van der Waals surface area contributed by atoms with E-state index in [-0.39, 0.29) is 33.4 Å². The lowest BCUT2D eigenvalue weighted by Crippen LogP contribution is -2.38. The highest BCUT2D eigenvalue weighted by Gasteiger charge is 2.42. The Morgan fingerprint density at radius 3 is 2.60 bits per heavy atom. The van der Waals surface area contributed by atoms with Crippen LogP contribution in [0.5, 0.6) is 0 Å². The van der Waals surface area contributed by atoms with E-state index in [4.69, 9.17) is 27.7 Å². The largest absolute Gasteiger partial charge is 0.435 e. The molecular weight excluding hydrogens is 506 g/mol. The second kappa shape index (κ2) is 8.60. The summed E-state index contributed by atoms with van der Waals surface area (Å²) in [7, 11) is 0. The molecule has 2 atom stereocenters. The quantitative estimate of drug-likeness (QED) is 0.443. The number of hydrogen-bond acceptors (Lipinski definition) is 5. The van der Waals surface area contributed by atoms with Crippen molar-refractivity contribution in [3.8, 4) is 0 Å². The van der Waals surface area contributed by atoms with E-state index in [1.807, 2.05) is 0 Å². The molecular formula is C23H20Cl2F3N5O2. The van der Waals surface area contributed by atoms with Crippen LogP contribution >= 0.6 is 23.2 Å². The van der Waals surface area contributed by atoms with Crippen LogP contribution in [0.3, 0.4) is 0 Å². The summed E-state index contributed by atoms with van der Waals surface area (Å²) in [6.45, 7) is 3.92. The van der Waals surface area contributed by atoms with Gasteiger partial charge in [-0.05, 0) is 44.4 Å². The third-order valence-corrected chi connectivity index (χ3v) is 6.98. The number of anilines is 1. The normalized spacial score (nSPS) is 20.3. The van der Waals surface area contributed by atoms with Crippen molar-refractivity contribution in [3.63, 3.8) is 0 Å². The Hall–Kier alpha value is -2.98. The molecule has 35 heavy (non-hydrogen) atoms. The maximum Gasteiger partial charge on any atom is 0.435 e. The van der Waals surface area contributed by atoms with Crippen LogP contribution in [-0.4, -0.2) is 32.3 Å². The van der Waals surface area contributed by atoms with Gasteiger partial charge in [0.05, 0.1) is 27.4 Å². The van der Waals surface area contributed by atoms with E-state index in [2.05, 4.69) is 15.6 Å². The summed E-state index contributed by atoms with van der Waals surface area (Å²) >= 11 is 12.3. The third-order valence-electron chi connectivity index (χ3n) is 6.24. The fourth-order valence-corrected chi connectivity index (χ4v) is 4.98. The van der Waals surface area contributed by atoms with Crippen LogP contribution in [0.2, 0.25) is 10.0 Å². The predicted octanol–water partition coefficient (Wildman–Crippen LogP) is 6.16. The van der Waals surface area contributed by atoms with Crippen molar-refractivity contribution in [2.75, 3.05) is 11.9 Å². The highest BCUT2D eigenvalue weighted by Crippen LogP contribution is 2.43. The molecule has 2 aromatic heterocycles. The first kappa shape index (κ1) is 23.7. The zero-order valence-corrected chi connectivity index (χ0v) is 20.2. The lowest BCUT2D eigenvalue weighted by molar-refractivity contribution is -0.141. The molecule has 5 rings (SSSR count). The van der Waals surface area contributed by atoms with Gasteiger partial charge in [-0.3, -0.25) is 4.79 Å². The first-order chi connectivity index (χ1) is 16.5. The molecule has 1 amide bonds. The minimum absolute atomic E-state index is 0.117. The van der Waals surface area contributed by atoms with Gasteiger partial charge in [-0.1, -0.05) is 34.4 Å². The summed E-state index contributed by atoms with van der Waals surface area (Å²) in [4.78, 5) is 15.7. The van der Waals surface area contributed by atoms with E-state index in [1.54, 1.807) is 43.0 Å². The second-order valence-corrected chi connectivity index (χ2v) is 9.44. The smallest absolute Gasteiger partial charge is 0.359 e. The fourth-order valence-electron chi connectivity index (χ4n) is 4.68. The molecule has 0 saturated carbocycles. The molecule has 1 N–H and O–H groups in total. The number of halogens is 5. The van der Waals surface area contributed by atoms with E-state index >= 15 is 0 Å². The van der Waals surface area contributed by atoms with Crippen LogP contribution in [0.15, 0.2) is 46.1 Å². The minimum Gasteiger partial charge on any atom is -0.359 e. The number of nitrogens with zero attached hydrogens (tertiary/aromatic N) is 4. The van der Waals surface area contributed by atoms with Crippen molar-refractivity contribution in [3.05, 3.63) is 74.4 Å². The molecule has 0 spiro atoms. The average Bonchev–Trinajstić information content (AvgIpc) is 3.52. The number of rotatable bonds is 3. The number of carbonyl (C=O) groups is 1. The van der Waals surface area contributed by atoms with Gasteiger partial charge >= 0.3 is 6.18 Å². The van der Waals surface area contributed by atoms with E-state index < -0.39 is 17.9 Å². The maximum atomic E-state index is 14.0. The Morgan fingerprint density at radius 2 is 1.94 bits per heavy atom. The van der Waals surface area contributed by atoms with Crippen LogP contribution < -0.4 is 5.32 Å². The standard InChI is InChI=1S/C23H20Cl2F3N5O2/c1-11-8-17(35-31-11)16-4-3-7-32(16)22(34)20-12(2)29-19-10-18(23(26,27)28)30-33(19)21(20)13-5-6-14(24)15(25)9-13/h5-6,8-10,16,21,29H,3-4,7H2,1-2H3/t16-,21-/m0/s1. The molecule has 0 bridgehead atoms. The molecule has 0 unspecified atom stereocenters. The number of benzene rings is 1. The van der Waals surface area contributed by atoms with Crippen LogP contribution in [0.4, 0.5) is 19.0 Å². The topological polar surface area (TPSA) is 76.2 Å². The number of likely N-dealkylation sites (tertiary alicyclic amines) is 1. The van der Waals surface area contributed by atoms with Crippen molar-refractivity contribution >= 4 is 34.9 Å². The second-order valence-electron chi connectivity index (χ2n) is 8.62. The van der Waals surface area contributed by atoms with Gasteiger partial charge in [-0.15, -0.1) is 0 Å². The van der Waals surface area contributed by atoms with Crippen molar-refractivity contribution in [1.29, 1.82) is 0 Å². The first-order valence-corrected chi connectivity index (χ1v) is 11.6. The number of fused-ring (bicyclic) bond motifs is 1. The van der Waals surface area contributed by atoms with Gasteiger partial charge in [0, 0.05) is 24.4 Å². The molecule has 184 valence electrons. The molecule has 0 aliphatic carbocycles. The van der Waals surface area contributed by atoms with Crippen molar-refractivity contribution in [2.45, 2.75) is 44.9 Å². The van der Waals surface area contributed by atoms with Crippen LogP contribution in [-0.2, 0) is 11.0 Å². The maximum absolute atomic E-state index is 14.0. The summed E-state index contributed by atoms with van der Waals surface area (Å²) in [6.07, 6.45) is -3.22. The molecule has 12 heteroatoms. The number of aryl methyl sites for hydroxylation is 1. The molecule has 4 heterocycles. The van der Waals surface area contributed by atoms with Gasteiger partial charge in [-0.25, -0.2) is 4.68 Å². The van der Waals surface area contributed by atoms with Crippen molar-refractivity contribution < 1.29 is 22.5 Å². The number of nitrogens with one attached hydrogen (secondary N) is 1. The Kier molecular flexibility index (Phi) is 5.83. The van der Waals surface area contributed by atoms with Crippen LogP contribution in [0, 0.1) is 6.92 Å². The molecule has 1 saturated heterocycles. The molecule has 1 aromatic carbocycles. The summed E-state index contributed by atoms with van der Waals surface area (Å²) < 4.78 is 47.1. The SMILES string of the molecule is CC1=C(C(=O)N2CCC[C@H]2c2cc(C)no2)[C@H](c2ccc(Cl)c(Cl)c2)n2nc(C(F)(F)F)cc2N1. The zero-order valence-electron chi connectivity index (χ0n) is 18.7. The number of carbonyl (C=O) groups excluding carboxylic acids is 1.